The van der Waals surface area contributed by atoms with Crippen LogP contribution in [0.3, 0.4) is 0 Å². The Morgan fingerprint density at radius 3 is 2.63 bits per heavy atom. The molecule has 60 heavy (non-hydrogen) atoms. The number of benzene rings is 3. The highest BCUT2D eigenvalue weighted by atomic mass is 32.2. The van der Waals surface area contributed by atoms with Gasteiger partial charge in [-0.15, -0.1) is 15.6 Å². The Morgan fingerprint density at radius 1 is 0.983 bits per heavy atom. The molecule has 1 saturated carbocycles. The van der Waals surface area contributed by atoms with E-state index in [-0.39, 0.29) is 58.4 Å². The van der Waals surface area contributed by atoms with Crippen molar-refractivity contribution in [2.45, 2.75) is 79.5 Å². The number of halogens is 2. The smallest absolute Gasteiger partial charge is 0.319 e. The Hall–Kier alpha value is -5.76. The Bertz CT molecular complexity index is 2850. The molecule has 2 unspecified atom stereocenters. The van der Waals surface area contributed by atoms with Crippen LogP contribution in [-0.2, 0) is 10.0 Å². The number of hydrogen-bond acceptors (Lipinski definition) is 12. The van der Waals surface area contributed by atoms with Crippen LogP contribution in [-0.4, -0.2) is 99.0 Å². The van der Waals surface area contributed by atoms with E-state index < -0.39 is 27.2 Å². The number of pyridine rings is 1. The molecule has 3 aromatic heterocycles. The highest BCUT2D eigenvalue weighted by Gasteiger charge is 2.50. The molecule has 0 amide bonds. The van der Waals surface area contributed by atoms with Gasteiger partial charge in [0.25, 0.3) is 10.0 Å². The zero-order valence-corrected chi connectivity index (χ0v) is 33.4. The molecule has 6 aromatic rings. The van der Waals surface area contributed by atoms with Gasteiger partial charge in [0.05, 0.1) is 21.4 Å². The minimum atomic E-state index is -3.95. The zero-order chi connectivity index (χ0) is 40.8. The summed E-state index contributed by atoms with van der Waals surface area (Å²) in [5, 5.41) is 9.42. The van der Waals surface area contributed by atoms with Crippen molar-refractivity contribution in [2.75, 3.05) is 37.7 Å². The second kappa shape index (κ2) is 14.2. The number of rotatable bonds is 10. The predicted octanol–water partition coefficient (Wildman–Crippen LogP) is 5.82. The fourth-order valence-electron chi connectivity index (χ4n) is 9.84. The molecule has 4 atom stereocenters. The van der Waals surface area contributed by atoms with Crippen molar-refractivity contribution >= 4 is 37.5 Å². The number of ether oxygens (including phenoxy) is 2. The van der Waals surface area contributed by atoms with Crippen molar-refractivity contribution in [3.05, 3.63) is 90.1 Å². The van der Waals surface area contributed by atoms with E-state index >= 15 is 4.39 Å². The van der Waals surface area contributed by atoms with Crippen LogP contribution in [0.4, 0.5) is 14.6 Å². The third-order valence-corrected chi connectivity index (χ3v) is 14.4. The number of anilines is 1. The summed E-state index contributed by atoms with van der Waals surface area (Å²) in [6.07, 6.45) is 14.8. The number of terminal acetylenes is 1. The number of piperazine rings is 1. The molecule has 2 bridgehead atoms. The third kappa shape index (κ3) is 6.33. The lowest BCUT2D eigenvalue weighted by Crippen LogP contribution is -2.51. The maximum Gasteiger partial charge on any atom is 0.319 e. The fraction of sp³-hybridized carbons (Fsp3) is 0.386. The lowest BCUT2D eigenvalue weighted by molar-refractivity contribution is 0.107. The van der Waals surface area contributed by atoms with Crippen molar-refractivity contribution < 1.29 is 26.7 Å². The molecule has 4 aliphatic heterocycles. The number of aromatic nitrogens is 6. The van der Waals surface area contributed by atoms with Gasteiger partial charge in [-0.25, -0.2) is 13.8 Å². The van der Waals surface area contributed by atoms with Gasteiger partial charge in [-0.1, -0.05) is 36.3 Å². The van der Waals surface area contributed by atoms with Crippen LogP contribution in [0.15, 0.2) is 72.0 Å². The van der Waals surface area contributed by atoms with E-state index in [0.29, 0.717) is 65.2 Å². The van der Waals surface area contributed by atoms with Gasteiger partial charge in [0.1, 0.15) is 47.6 Å². The average Bonchev–Trinajstić information content (AvgIpc) is 3.51. The van der Waals surface area contributed by atoms with Gasteiger partial charge in [-0.05, 0) is 68.7 Å². The molecule has 7 heterocycles. The highest BCUT2D eigenvalue weighted by Crippen LogP contribution is 2.42. The van der Waals surface area contributed by atoms with Crippen molar-refractivity contribution in [1.29, 1.82) is 0 Å². The third-order valence-electron chi connectivity index (χ3n) is 12.9. The number of nitrogens with one attached hydrogen (secondary N) is 1. The summed E-state index contributed by atoms with van der Waals surface area (Å²) in [5.74, 6) is 2.98. The molecule has 5 aliphatic rings. The molecule has 1 aliphatic carbocycles. The maximum absolute atomic E-state index is 17.1. The molecule has 306 valence electrons. The summed E-state index contributed by atoms with van der Waals surface area (Å²) in [5.41, 5.74) is 0.0627. The van der Waals surface area contributed by atoms with E-state index in [9.17, 15) is 12.8 Å². The Labute approximate surface area is 345 Å². The summed E-state index contributed by atoms with van der Waals surface area (Å²) in [6.45, 7) is 3.09. The molecule has 4 saturated heterocycles. The molecule has 16 heteroatoms. The van der Waals surface area contributed by atoms with E-state index in [4.69, 9.17) is 25.9 Å². The summed E-state index contributed by atoms with van der Waals surface area (Å²) in [6, 6.07) is 15.3. The van der Waals surface area contributed by atoms with E-state index in [1.165, 1.54) is 24.5 Å². The first kappa shape index (κ1) is 37.3. The number of fused-ring (bicyclic) bond motifs is 5. The van der Waals surface area contributed by atoms with Crippen LogP contribution in [0, 0.1) is 24.0 Å². The topological polar surface area (TPSA) is 140 Å². The lowest BCUT2D eigenvalue weighted by Gasteiger charge is -2.34. The molecule has 1 N–H and O–H groups in total. The van der Waals surface area contributed by atoms with Gasteiger partial charge >= 0.3 is 6.01 Å². The van der Waals surface area contributed by atoms with Gasteiger partial charge in [0.2, 0.25) is 0 Å². The van der Waals surface area contributed by atoms with Crippen LogP contribution in [0.2, 0.25) is 0 Å². The second-order valence-electron chi connectivity index (χ2n) is 16.8. The van der Waals surface area contributed by atoms with Crippen molar-refractivity contribution in [3.63, 3.8) is 0 Å². The van der Waals surface area contributed by atoms with E-state index in [1.54, 1.807) is 42.6 Å². The molecule has 3 aromatic carbocycles. The van der Waals surface area contributed by atoms with Crippen LogP contribution < -0.4 is 19.7 Å². The minimum absolute atomic E-state index is 0.00342. The van der Waals surface area contributed by atoms with Crippen LogP contribution in [0.25, 0.3) is 32.9 Å². The average molecular weight is 830 g/mol. The number of hydrogen-bond donors (Lipinski definition) is 1. The normalized spacial score (nSPS) is 23.9. The van der Waals surface area contributed by atoms with Crippen molar-refractivity contribution in [3.8, 4) is 35.4 Å². The molecular weight excluding hydrogens is 789 g/mol. The Balaban J connectivity index is 0.894. The van der Waals surface area contributed by atoms with E-state index in [2.05, 4.69) is 36.1 Å². The zero-order valence-electron chi connectivity index (χ0n) is 32.6. The largest absolute Gasteiger partial charge is 0.489 e. The molecule has 0 spiro atoms. The van der Waals surface area contributed by atoms with Gasteiger partial charge in [0, 0.05) is 67.3 Å². The summed E-state index contributed by atoms with van der Waals surface area (Å²) in [4.78, 5) is 23.1. The van der Waals surface area contributed by atoms with Gasteiger partial charge in [-0.2, -0.15) is 18.4 Å². The molecule has 13 nitrogen and oxygen atoms in total. The predicted molar refractivity (Wildman–Crippen MR) is 219 cm³/mol. The van der Waals surface area contributed by atoms with Crippen LogP contribution in [0.1, 0.15) is 62.3 Å². The summed E-state index contributed by atoms with van der Waals surface area (Å²) in [7, 11) is -3.95. The van der Waals surface area contributed by atoms with Crippen molar-refractivity contribution in [1.82, 2.24) is 39.3 Å². The SMILES string of the molecule is C#Cc1c(F)ccc2cccc(-c3ncc4c(N5CC6CCC(C5)N6)nc(OC[C@]56CCCN5C[C@@H](Oc5cccc(S(=O)(=O)n7cnc(C8CC8)n7)c5)C6)nc4c3F)c12. The quantitative estimate of drug-likeness (QED) is 0.167. The molecule has 0 radical (unpaired) electrons. The summed E-state index contributed by atoms with van der Waals surface area (Å²) < 4.78 is 73.0. The maximum atomic E-state index is 17.1. The van der Waals surface area contributed by atoms with E-state index in [0.717, 1.165) is 49.2 Å². The number of nitrogens with zero attached hydrogens (tertiary/aromatic N) is 8. The Kier molecular flexibility index (Phi) is 8.80. The monoisotopic (exact) mass is 829 g/mol. The van der Waals surface area contributed by atoms with Gasteiger partial charge in [-0.3, -0.25) is 9.88 Å². The highest BCUT2D eigenvalue weighted by molar-refractivity contribution is 7.89. The lowest BCUT2D eigenvalue weighted by atomic mass is 9.94. The van der Waals surface area contributed by atoms with Gasteiger partial charge < -0.3 is 19.7 Å². The minimum Gasteiger partial charge on any atom is -0.489 e. The van der Waals surface area contributed by atoms with Gasteiger partial charge in [0.15, 0.2) is 11.6 Å². The molecule has 11 rings (SSSR count). The Morgan fingerprint density at radius 2 is 1.82 bits per heavy atom. The first-order valence-corrected chi connectivity index (χ1v) is 22.0. The second-order valence-corrected chi connectivity index (χ2v) is 18.6. The molecular formula is C44H41F2N9O4S. The van der Waals surface area contributed by atoms with Crippen LogP contribution >= 0.6 is 0 Å². The first-order chi connectivity index (χ1) is 29.2. The molecule has 5 fully saturated rings. The van der Waals surface area contributed by atoms with E-state index in [1.807, 2.05) is 0 Å². The summed E-state index contributed by atoms with van der Waals surface area (Å²) >= 11 is 0. The van der Waals surface area contributed by atoms with Crippen molar-refractivity contribution in [2.24, 2.45) is 0 Å². The fourth-order valence-corrected chi connectivity index (χ4v) is 10.9. The standard InChI is InChI=1S/C44H41F2N9O4S/c1-2-33-36(45)15-12-26-6-3-9-34(37(26)33)39-38(46)40-35(20-47-39)42(53-21-28-13-14-29(22-53)49-28)51-43(50-40)58-24-44-16-5-17-54(44)23-31(19-44)59-30-7-4-8-32(18-30)60(56,57)55-25-48-41(52-55)27-10-11-27/h1,3-4,6-9,12,15,18,20,25,27-29,31,49H,5,10-11,13-14,16-17,19,21-24H2/t28?,29?,31-,44+/m0/s1. The first-order valence-electron chi connectivity index (χ1n) is 20.5. The van der Waals surface area contributed by atoms with Crippen LogP contribution in [0.5, 0.6) is 11.8 Å².